The minimum Gasteiger partial charge on any atom is -0.384 e. The second-order valence-electron chi connectivity index (χ2n) is 6.46. The van der Waals surface area contributed by atoms with Crippen LogP contribution in [0.15, 0.2) is 52.4 Å². The molecule has 11 heteroatoms. The number of nitrogens with two attached hydrogens (primary N) is 1. The molecule has 0 bridgehead atoms. The molecule has 1 heterocycles. The summed E-state index contributed by atoms with van der Waals surface area (Å²) in [7, 11) is -5.16. The van der Waals surface area contributed by atoms with Crippen LogP contribution >= 0.6 is 0 Å². The van der Waals surface area contributed by atoms with E-state index in [1.165, 1.54) is 26.2 Å². The quantitative estimate of drug-likeness (QED) is 0.520. The largest absolute Gasteiger partial charge is 0.384 e. The summed E-state index contributed by atoms with van der Waals surface area (Å²) < 4.78 is 49.5. The van der Waals surface area contributed by atoms with E-state index in [-0.39, 0.29) is 15.5 Å². The minimum absolute atomic E-state index is 0.142. The number of fused-ring (bicyclic) bond motifs is 1. The van der Waals surface area contributed by atoms with Crippen molar-refractivity contribution in [1.29, 1.82) is 0 Å². The number of hydrogen-bond acceptors (Lipinski definition) is 6. The molecule has 0 aliphatic rings. The van der Waals surface area contributed by atoms with Crippen LogP contribution in [0.5, 0.6) is 0 Å². The van der Waals surface area contributed by atoms with Gasteiger partial charge in [0, 0.05) is 26.0 Å². The monoisotopic (exact) mass is 423 g/mol. The molecule has 150 valence electrons. The number of nitrogens with zero attached hydrogens (tertiary/aromatic N) is 2. The third-order valence-corrected chi connectivity index (χ3v) is 7.04. The highest BCUT2D eigenvalue weighted by Gasteiger charge is 2.22. The van der Waals surface area contributed by atoms with Crippen LogP contribution < -0.4 is 10.5 Å². The van der Waals surface area contributed by atoms with E-state index in [9.17, 15) is 16.8 Å². The predicted molar refractivity (Wildman–Crippen MR) is 107 cm³/mol. The van der Waals surface area contributed by atoms with Gasteiger partial charge in [-0.3, -0.25) is 5.10 Å². The average Bonchev–Trinajstić information content (AvgIpc) is 3.08. The van der Waals surface area contributed by atoms with Crippen LogP contribution in [0, 0.1) is 0 Å². The van der Waals surface area contributed by atoms with Crippen molar-refractivity contribution in [3.63, 3.8) is 0 Å². The van der Waals surface area contributed by atoms with Crippen LogP contribution in [-0.2, 0) is 26.5 Å². The molecule has 4 N–H and O–H groups in total. The molecule has 3 rings (SSSR count). The van der Waals surface area contributed by atoms with Gasteiger partial charge in [0.2, 0.25) is 20.0 Å². The molecule has 0 aliphatic carbocycles. The van der Waals surface area contributed by atoms with E-state index in [1.807, 2.05) is 18.2 Å². The highest BCUT2D eigenvalue weighted by molar-refractivity contribution is 7.90. The molecule has 28 heavy (non-hydrogen) atoms. The summed E-state index contributed by atoms with van der Waals surface area (Å²) >= 11 is 0. The summed E-state index contributed by atoms with van der Waals surface area (Å²) in [6, 6.07) is 9.72. The molecule has 0 fully saturated rings. The van der Waals surface area contributed by atoms with E-state index < -0.39 is 20.0 Å². The molecule has 0 saturated carbocycles. The fraction of sp³-hybridized carbons (Fsp3) is 0.235. The lowest BCUT2D eigenvalue weighted by Gasteiger charge is -2.15. The van der Waals surface area contributed by atoms with Gasteiger partial charge in [0.1, 0.15) is 4.90 Å². The summed E-state index contributed by atoms with van der Waals surface area (Å²) in [5.41, 5.74) is 2.21. The molecule has 0 amide bonds. The number of rotatable bonds is 7. The van der Waals surface area contributed by atoms with E-state index in [2.05, 4.69) is 15.5 Å². The molecule has 0 radical (unpaired) electrons. The minimum atomic E-state index is -4.12. The summed E-state index contributed by atoms with van der Waals surface area (Å²) in [4.78, 5) is -0.406. The average molecular weight is 424 g/mol. The topological polar surface area (TPSA) is 138 Å². The number of H-pyrrole nitrogens is 1. The van der Waals surface area contributed by atoms with Crippen LogP contribution in [-0.4, -0.2) is 52.0 Å². The lowest BCUT2D eigenvalue weighted by molar-refractivity contribution is 0.520. The second-order valence-corrected chi connectivity index (χ2v) is 10.1. The lowest BCUT2D eigenvalue weighted by atomic mass is 10.1. The van der Waals surface area contributed by atoms with E-state index in [1.54, 1.807) is 6.20 Å². The summed E-state index contributed by atoms with van der Waals surface area (Å²) in [5, 5.41) is 16.2. The summed E-state index contributed by atoms with van der Waals surface area (Å²) in [6.07, 6.45) is 2.36. The Balaban J connectivity index is 1.82. The molecule has 1 aromatic heterocycles. The Morgan fingerprint density at radius 1 is 1.11 bits per heavy atom. The number of primary sulfonamides is 1. The number of hydrogen-bond donors (Lipinski definition) is 3. The third-order valence-electron chi connectivity index (χ3n) is 4.27. The summed E-state index contributed by atoms with van der Waals surface area (Å²) in [6.45, 7) is 0.432. The SMILES string of the molecule is CN(C)S(=O)(=O)c1ccc(NCCc2ccc3cn[nH]c3c2)c(S(N)(=O)=O)c1. The Morgan fingerprint density at radius 3 is 2.54 bits per heavy atom. The van der Waals surface area contributed by atoms with Gasteiger partial charge >= 0.3 is 0 Å². The van der Waals surface area contributed by atoms with Crippen LogP contribution in [0.25, 0.3) is 10.9 Å². The zero-order valence-corrected chi connectivity index (χ0v) is 17.0. The molecule has 0 atom stereocenters. The molecule has 0 unspecified atom stereocenters. The van der Waals surface area contributed by atoms with E-state index in [0.29, 0.717) is 13.0 Å². The van der Waals surface area contributed by atoms with Gasteiger partial charge in [-0.25, -0.2) is 26.3 Å². The van der Waals surface area contributed by atoms with Crippen LogP contribution in [0.1, 0.15) is 5.56 Å². The summed E-state index contributed by atoms with van der Waals surface area (Å²) in [5.74, 6) is 0. The van der Waals surface area contributed by atoms with Gasteiger partial charge < -0.3 is 5.32 Å². The molecule has 2 aromatic carbocycles. The van der Waals surface area contributed by atoms with E-state index in [4.69, 9.17) is 5.14 Å². The van der Waals surface area contributed by atoms with Crippen molar-refractivity contribution >= 4 is 36.6 Å². The zero-order valence-electron chi connectivity index (χ0n) is 15.4. The first-order valence-electron chi connectivity index (χ1n) is 8.34. The maximum atomic E-state index is 12.3. The first-order valence-corrected chi connectivity index (χ1v) is 11.3. The molecular weight excluding hydrogens is 402 g/mol. The van der Waals surface area contributed by atoms with Crippen LogP contribution in [0.3, 0.4) is 0 Å². The van der Waals surface area contributed by atoms with Gasteiger partial charge in [0.15, 0.2) is 0 Å². The van der Waals surface area contributed by atoms with Gasteiger partial charge in [-0.1, -0.05) is 12.1 Å². The Morgan fingerprint density at radius 2 is 1.86 bits per heavy atom. The van der Waals surface area contributed by atoms with E-state index in [0.717, 1.165) is 26.8 Å². The molecular formula is C17H21N5O4S2. The normalized spacial score (nSPS) is 12.6. The molecule has 9 nitrogen and oxygen atoms in total. The predicted octanol–water partition coefficient (Wildman–Crippen LogP) is 1.12. The molecule has 0 aliphatic heterocycles. The van der Waals surface area contributed by atoms with Crippen LogP contribution in [0.2, 0.25) is 0 Å². The fourth-order valence-corrected chi connectivity index (χ4v) is 4.48. The Hall–Kier alpha value is -2.47. The Labute approximate surface area is 163 Å². The van der Waals surface area contributed by atoms with Gasteiger partial charge in [0.25, 0.3) is 0 Å². The zero-order chi connectivity index (χ0) is 20.5. The highest BCUT2D eigenvalue weighted by atomic mass is 32.2. The second kappa shape index (κ2) is 7.51. The van der Waals surface area contributed by atoms with E-state index >= 15 is 0 Å². The van der Waals surface area contributed by atoms with Crippen molar-refractivity contribution in [2.75, 3.05) is 26.0 Å². The Bertz CT molecular complexity index is 1220. The molecule has 0 spiro atoms. The lowest BCUT2D eigenvalue weighted by Crippen LogP contribution is -2.23. The van der Waals surface area contributed by atoms with Crippen molar-refractivity contribution in [3.05, 3.63) is 48.2 Å². The number of sulfonamides is 2. The number of aromatic amines is 1. The Kier molecular flexibility index (Phi) is 5.44. The number of nitrogens with one attached hydrogen (secondary N) is 2. The standard InChI is InChI=1S/C17H21N5O4S2/c1-22(2)28(25,26)14-5-6-15(17(10-14)27(18,23)24)19-8-7-12-3-4-13-11-20-21-16(13)9-12/h3-6,9-11,19H,7-8H2,1-2H3,(H,20,21)(H2,18,23,24). The van der Waals surface area contributed by atoms with Crippen molar-refractivity contribution in [2.24, 2.45) is 5.14 Å². The fourth-order valence-electron chi connectivity index (χ4n) is 2.74. The molecule has 3 aromatic rings. The van der Waals surface area contributed by atoms with Crippen molar-refractivity contribution in [1.82, 2.24) is 14.5 Å². The van der Waals surface area contributed by atoms with Gasteiger partial charge in [-0.05, 0) is 36.2 Å². The number of anilines is 1. The van der Waals surface area contributed by atoms with Gasteiger partial charge in [-0.2, -0.15) is 5.10 Å². The maximum Gasteiger partial charge on any atom is 0.242 e. The highest BCUT2D eigenvalue weighted by Crippen LogP contribution is 2.25. The molecule has 0 saturated heterocycles. The van der Waals surface area contributed by atoms with Gasteiger partial charge in [0.05, 0.1) is 22.3 Å². The van der Waals surface area contributed by atoms with Gasteiger partial charge in [-0.15, -0.1) is 0 Å². The number of aromatic nitrogens is 2. The third kappa shape index (κ3) is 4.17. The maximum absolute atomic E-state index is 12.3. The number of benzene rings is 2. The smallest absolute Gasteiger partial charge is 0.242 e. The van der Waals surface area contributed by atoms with Crippen molar-refractivity contribution in [3.8, 4) is 0 Å². The van der Waals surface area contributed by atoms with Crippen molar-refractivity contribution < 1.29 is 16.8 Å². The van der Waals surface area contributed by atoms with Crippen molar-refractivity contribution in [2.45, 2.75) is 16.2 Å². The first-order chi connectivity index (χ1) is 13.1. The van der Waals surface area contributed by atoms with Crippen LogP contribution in [0.4, 0.5) is 5.69 Å². The first kappa shape index (κ1) is 20.3.